The maximum absolute atomic E-state index is 4.61. The van der Waals surface area contributed by atoms with E-state index in [4.69, 9.17) is 0 Å². The van der Waals surface area contributed by atoms with Gasteiger partial charge in [-0.1, -0.05) is 18.1 Å². The molecule has 1 aliphatic carbocycles. The summed E-state index contributed by atoms with van der Waals surface area (Å²) in [6.45, 7) is 0. The van der Waals surface area contributed by atoms with Crippen molar-refractivity contribution in [2.45, 2.75) is 31.7 Å². The molecule has 1 saturated carbocycles. The third kappa shape index (κ3) is 2.65. The van der Waals surface area contributed by atoms with Gasteiger partial charge in [0.15, 0.2) is 11.2 Å². The monoisotopic (exact) mass is 406 g/mol. The molecule has 0 aliphatic heterocycles. The van der Waals surface area contributed by atoms with Crippen LogP contribution < -0.4 is 5.32 Å². The maximum atomic E-state index is 4.61. The molecule has 6 nitrogen and oxygen atoms in total. The van der Waals surface area contributed by atoms with Gasteiger partial charge in [-0.2, -0.15) is 9.67 Å². The van der Waals surface area contributed by atoms with E-state index in [1.165, 1.54) is 29.3 Å². The highest BCUT2D eigenvalue weighted by atomic mass is 127. The van der Waals surface area contributed by atoms with Gasteiger partial charge in [0.2, 0.25) is 5.95 Å². The van der Waals surface area contributed by atoms with Crippen LogP contribution in [0.2, 0.25) is 0 Å². The Morgan fingerprint density at radius 3 is 2.68 bits per heavy atom. The van der Waals surface area contributed by atoms with Gasteiger partial charge < -0.3 is 5.32 Å². The van der Waals surface area contributed by atoms with Crippen molar-refractivity contribution in [1.82, 2.24) is 25.0 Å². The van der Waals surface area contributed by atoms with Crippen LogP contribution in [0.3, 0.4) is 0 Å². The highest BCUT2D eigenvalue weighted by Gasteiger charge is 2.17. The second kappa shape index (κ2) is 5.79. The number of fused-ring (bicyclic) bond motifs is 1. The molecule has 4 rings (SSSR count). The van der Waals surface area contributed by atoms with E-state index in [9.17, 15) is 0 Å². The largest absolute Gasteiger partial charge is 0.351 e. The normalized spacial score (nSPS) is 15.5. The lowest BCUT2D eigenvalue weighted by atomic mass is 10.2. The lowest BCUT2D eigenvalue weighted by molar-refractivity contribution is 0.744. The fourth-order valence-electron chi connectivity index (χ4n) is 2.81. The Hall–Kier alpha value is -1.77. The van der Waals surface area contributed by atoms with Crippen molar-refractivity contribution >= 4 is 39.7 Å². The van der Waals surface area contributed by atoms with Crippen molar-refractivity contribution in [2.24, 2.45) is 0 Å². The molecule has 0 unspecified atom stereocenters. The molecule has 0 amide bonds. The van der Waals surface area contributed by atoms with E-state index in [1.54, 1.807) is 10.9 Å². The van der Waals surface area contributed by atoms with Crippen molar-refractivity contribution in [3.8, 4) is 5.69 Å². The zero-order chi connectivity index (χ0) is 14.9. The topological polar surface area (TPSA) is 68.5 Å². The van der Waals surface area contributed by atoms with Gasteiger partial charge in [-0.3, -0.25) is 0 Å². The summed E-state index contributed by atoms with van der Waals surface area (Å²) >= 11 is 2.28. The van der Waals surface area contributed by atoms with E-state index in [0.29, 0.717) is 17.5 Å². The number of hydrogen-bond donors (Lipinski definition) is 1. The van der Waals surface area contributed by atoms with Gasteiger partial charge in [0.25, 0.3) is 0 Å². The van der Waals surface area contributed by atoms with Gasteiger partial charge in [0.1, 0.15) is 0 Å². The average Bonchev–Trinajstić information content (AvgIpc) is 3.17. The van der Waals surface area contributed by atoms with Crippen LogP contribution in [0.15, 0.2) is 30.5 Å². The summed E-state index contributed by atoms with van der Waals surface area (Å²) in [5, 5.41) is 11.8. The summed E-state index contributed by atoms with van der Waals surface area (Å²) in [5.74, 6) is 0.661. The predicted octanol–water partition coefficient (Wildman–Crippen LogP) is 3.17. The first kappa shape index (κ1) is 13.9. The third-order valence-electron chi connectivity index (χ3n) is 3.95. The van der Waals surface area contributed by atoms with Crippen molar-refractivity contribution in [3.05, 3.63) is 34.0 Å². The van der Waals surface area contributed by atoms with Gasteiger partial charge in [-0.15, -0.1) is 5.10 Å². The van der Waals surface area contributed by atoms with E-state index in [0.717, 1.165) is 11.3 Å². The minimum atomic E-state index is 0.486. The van der Waals surface area contributed by atoms with Crippen LogP contribution in [-0.2, 0) is 0 Å². The molecule has 1 fully saturated rings. The fraction of sp³-hybridized carbons (Fsp3) is 0.333. The average molecular weight is 406 g/mol. The molecule has 7 heteroatoms. The summed E-state index contributed by atoms with van der Waals surface area (Å²) in [6, 6.07) is 8.61. The van der Waals surface area contributed by atoms with Crippen LogP contribution >= 0.6 is 22.6 Å². The molecule has 2 aromatic heterocycles. The molecular weight excluding hydrogens is 391 g/mol. The Bertz CT molecular complexity index is 791. The summed E-state index contributed by atoms with van der Waals surface area (Å²) < 4.78 is 2.94. The van der Waals surface area contributed by atoms with Crippen LogP contribution in [0.25, 0.3) is 16.9 Å². The van der Waals surface area contributed by atoms with E-state index >= 15 is 0 Å². The molecule has 0 radical (unpaired) electrons. The molecule has 1 aromatic carbocycles. The Morgan fingerprint density at radius 2 is 1.91 bits per heavy atom. The molecule has 1 N–H and O–H groups in total. The number of benzene rings is 1. The molecule has 112 valence electrons. The van der Waals surface area contributed by atoms with Gasteiger partial charge in [0.05, 0.1) is 11.9 Å². The Labute approximate surface area is 141 Å². The van der Waals surface area contributed by atoms with E-state index < -0.39 is 0 Å². The van der Waals surface area contributed by atoms with Crippen molar-refractivity contribution in [2.75, 3.05) is 5.32 Å². The molecule has 0 saturated heterocycles. The quantitative estimate of drug-likeness (QED) is 0.677. The first-order valence-corrected chi connectivity index (χ1v) is 8.48. The zero-order valence-electron chi connectivity index (χ0n) is 11.9. The van der Waals surface area contributed by atoms with Crippen molar-refractivity contribution in [3.63, 3.8) is 0 Å². The van der Waals surface area contributed by atoms with Crippen molar-refractivity contribution < 1.29 is 0 Å². The maximum Gasteiger partial charge on any atom is 0.225 e. The Kier molecular flexibility index (Phi) is 3.65. The minimum absolute atomic E-state index is 0.486. The van der Waals surface area contributed by atoms with Crippen LogP contribution in [0.4, 0.5) is 5.95 Å². The summed E-state index contributed by atoms with van der Waals surface area (Å²) in [5.41, 5.74) is 2.39. The second-order valence-corrected chi connectivity index (χ2v) is 6.75. The highest BCUT2D eigenvalue weighted by Crippen LogP contribution is 2.22. The van der Waals surface area contributed by atoms with Crippen LogP contribution in [0, 0.1) is 3.57 Å². The lowest BCUT2D eigenvalue weighted by Crippen LogP contribution is -2.16. The fourth-order valence-corrected chi connectivity index (χ4v) is 3.17. The molecule has 0 bridgehead atoms. The van der Waals surface area contributed by atoms with Gasteiger partial charge in [0, 0.05) is 9.61 Å². The van der Waals surface area contributed by atoms with Crippen molar-refractivity contribution in [1.29, 1.82) is 0 Å². The smallest absolute Gasteiger partial charge is 0.225 e. The third-order valence-corrected chi connectivity index (χ3v) is 4.67. The van der Waals surface area contributed by atoms with E-state index in [1.807, 2.05) is 24.3 Å². The number of hydrogen-bond acceptors (Lipinski definition) is 5. The zero-order valence-corrected chi connectivity index (χ0v) is 14.1. The lowest BCUT2D eigenvalue weighted by Gasteiger charge is -2.11. The van der Waals surface area contributed by atoms with Gasteiger partial charge in [-0.05, 0) is 59.7 Å². The molecule has 0 spiro atoms. The van der Waals surface area contributed by atoms with Gasteiger partial charge in [-0.25, -0.2) is 4.98 Å². The number of rotatable bonds is 3. The SMILES string of the molecule is Ic1ccc(-n2nnc3cnc(NC4CCCC4)nc32)cc1. The number of aromatic nitrogens is 5. The molecular formula is C15H15IN6. The molecule has 3 aromatic rings. The van der Waals surface area contributed by atoms with E-state index in [-0.39, 0.29) is 0 Å². The summed E-state index contributed by atoms with van der Waals surface area (Å²) in [4.78, 5) is 8.96. The van der Waals surface area contributed by atoms with Crippen LogP contribution in [0.1, 0.15) is 25.7 Å². The highest BCUT2D eigenvalue weighted by molar-refractivity contribution is 14.1. The van der Waals surface area contributed by atoms with E-state index in [2.05, 4.69) is 48.2 Å². The van der Waals surface area contributed by atoms with Gasteiger partial charge >= 0.3 is 0 Å². The molecule has 22 heavy (non-hydrogen) atoms. The number of halogens is 1. The Balaban J connectivity index is 1.71. The predicted molar refractivity (Wildman–Crippen MR) is 93.1 cm³/mol. The number of anilines is 1. The standard InChI is InChI=1S/C15H15IN6/c16-10-5-7-12(8-6-10)22-14-13(20-21-22)9-17-15(19-14)18-11-3-1-2-4-11/h5-9,11H,1-4H2,(H,17,18,19). The summed E-state index contributed by atoms with van der Waals surface area (Å²) in [6.07, 6.45) is 6.67. The number of nitrogens with one attached hydrogen (secondary N) is 1. The van der Waals surface area contributed by atoms with Crippen LogP contribution in [0.5, 0.6) is 0 Å². The van der Waals surface area contributed by atoms with Crippen LogP contribution in [-0.4, -0.2) is 31.0 Å². The molecule has 2 heterocycles. The minimum Gasteiger partial charge on any atom is -0.351 e. The number of nitrogens with zero attached hydrogens (tertiary/aromatic N) is 5. The molecule has 0 atom stereocenters. The summed E-state index contributed by atoms with van der Waals surface area (Å²) in [7, 11) is 0. The Morgan fingerprint density at radius 1 is 1.14 bits per heavy atom. The second-order valence-electron chi connectivity index (χ2n) is 5.51. The molecule has 1 aliphatic rings. The first-order chi connectivity index (χ1) is 10.8. The first-order valence-electron chi connectivity index (χ1n) is 7.40.